The Balaban J connectivity index is 2.07. The minimum absolute atomic E-state index is 0.0117. The number of likely N-dealkylation sites (N-methyl/N-ethyl adjacent to an activating group) is 1. The molecule has 0 saturated carbocycles. The molecule has 1 aliphatic rings. The van der Waals surface area contributed by atoms with Crippen molar-refractivity contribution in [3.8, 4) is 0 Å². The number of halogens is 6. The summed E-state index contributed by atoms with van der Waals surface area (Å²) in [5, 5.41) is 0. The van der Waals surface area contributed by atoms with Gasteiger partial charge in [-0.1, -0.05) is 24.3 Å². The van der Waals surface area contributed by atoms with E-state index in [1.54, 1.807) is 4.90 Å². The van der Waals surface area contributed by atoms with Crippen LogP contribution in [0.1, 0.15) is 23.1 Å². The molecule has 1 heterocycles. The Morgan fingerprint density at radius 3 is 2.27 bits per heavy atom. The summed E-state index contributed by atoms with van der Waals surface area (Å²) in [6.07, 6.45) is -8.70. The summed E-state index contributed by atoms with van der Waals surface area (Å²) in [6, 6.07) is 8.13. The van der Waals surface area contributed by atoms with Gasteiger partial charge < -0.3 is 9.80 Å². The molecule has 160 valence electrons. The predicted molar refractivity (Wildman–Crippen MR) is 101 cm³/mol. The van der Waals surface area contributed by atoms with Crippen molar-refractivity contribution in [3.05, 3.63) is 70.6 Å². The normalized spacial score (nSPS) is 17.7. The topological polar surface area (TPSA) is 10.8 Å². The molecular formula is C21H19F6N3. The zero-order valence-corrected chi connectivity index (χ0v) is 16.1. The number of rotatable bonds is 4. The van der Waals surface area contributed by atoms with Gasteiger partial charge in [0, 0.05) is 24.8 Å². The van der Waals surface area contributed by atoms with Crippen molar-refractivity contribution >= 4 is 11.4 Å². The molecule has 0 bridgehead atoms. The van der Waals surface area contributed by atoms with E-state index in [9.17, 15) is 26.3 Å². The van der Waals surface area contributed by atoms with Crippen molar-refractivity contribution in [2.24, 2.45) is 0 Å². The lowest BCUT2D eigenvalue weighted by Crippen LogP contribution is -2.37. The minimum atomic E-state index is -4.74. The molecule has 3 rings (SSSR count). The average molecular weight is 427 g/mol. The van der Waals surface area contributed by atoms with Crippen LogP contribution in [-0.2, 0) is 18.9 Å². The molecule has 2 aromatic rings. The molecule has 0 aliphatic carbocycles. The van der Waals surface area contributed by atoms with Crippen molar-refractivity contribution in [1.82, 2.24) is 4.90 Å². The molecule has 0 spiro atoms. The fourth-order valence-corrected chi connectivity index (χ4v) is 3.74. The van der Waals surface area contributed by atoms with Gasteiger partial charge in [0.15, 0.2) is 5.69 Å². The van der Waals surface area contributed by atoms with E-state index in [0.717, 1.165) is 18.2 Å². The van der Waals surface area contributed by atoms with Gasteiger partial charge in [-0.15, -0.1) is 0 Å². The van der Waals surface area contributed by atoms with E-state index in [0.29, 0.717) is 19.5 Å². The van der Waals surface area contributed by atoms with Crippen LogP contribution in [0.5, 0.6) is 0 Å². The predicted octanol–water partition coefficient (Wildman–Crippen LogP) is 5.99. The molecule has 0 amide bonds. The molecule has 1 fully saturated rings. The van der Waals surface area contributed by atoms with E-state index in [1.807, 2.05) is 11.9 Å². The van der Waals surface area contributed by atoms with Gasteiger partial charge in [-0.3, -0.25) is 0 Å². The number of alkyl halides is 6. The number of nitrogens with zero attached hydrogens (tertiary/aromatic N) is 3. The van der Waals surface area contributed by atoms with Gasteiger partial charge in [0.2, 0.25) is 0 Å². The van der Waals surface area contributed by atoms with Gasteiger partial charge in [0.05, 0.1) is 17.7 Å². The highest BCUT2D eigenvalue weighted by Gasteiger charge is 2.37. The first-order valence-corrected chi connectivity index (χ1v) is 9.19. The largest absolute Gasteiger partial charge is 0.416 e. The standard InChI is InChI=1S/C21H19F6N3/c1-28-19-8-7-15(11-18(19)21(25,26)27)30(16-9-10-29(2)13-16)12-14-5-3-4-6-17(14)20(22,23)24/h3-8,11,16H,9-10,12-13H2,2H3/t16-/m0/s1. The maximum atomic E-state index is 13.5. The number of hydrogen-bond donors (Lipinski definition) is 0. The zero-order valence-electron chi connectivity index (χ0n) is 16.1. The second-order valence-corrected chi connectivity index (χ2v) is 7.30. The van der Waals surface area contributed by atoms with E-state index >= 15 is 0 Å². The molecule has 0 N–H and O–H groups in total. The summed E-state index contributed by atoms with van der Waals surface area (Å²) >= 11 is 0. The van der Waals surface area contributed by atoms with Crippen LogP contribution in [0.15, 0.2) is 42.5 Å². The molecular weight excluding hydrogens is 408 g/mol. The molecule has 0 radical (unpaired) electrons. The summed E-state index contributed by atoms with van der Waals surface area (Å²) in [5.41, 5.74) is -2.30. The second-order valence-electron chi connectivity index (χ2n) is 7.30. The first-order valence-electron chi connectivity index (χ1n) is 9.19. The summed E-state index contributed by atoms with van der Waals surface area (Å²) in [6.45, 7) is 8.00. The van der Waals surface area contributed by atoms with Gasteiger partial charge in [0.1, 0.15) is 0 Å². The van der Waals surface area contributed by atoms with Crippen LogP contribution in [-0.4, -0.2) is 31.1 Å². The van der Waals surface area contributed by atoms with Gasteiger partial charge in [-0.05, 0) is 43.8 Å². The smallest absolute Gasteiger partial charge is 0.363 e. The molecule has 0 aromatic heterocycles. The Hall–Kier alpha value is -2.73. The van der Waals surface area contributed by atoms with Gasteiger partial charge in [-0.2, -0.15) is 26.3 Å². The molecule has 1 aliphatic heterocycles. The van der Waals surface area contributed by atoms with Crippen molar-refractivity contribution < 1.29 is 26.3 Å². The van der Waals surface area contributed by atoms with E-state index in [1.165, 1.54) is 24.3 Å². The number of anilines is 1. The maximum Gasteiger partial charge on any atom is 0.416 e. The van der Waals surface area contributed by atoms with Crippen molar-refractivity contribution in [3.63, 3.8) is 0 Å². The SMILES string of the molecule is [C-]#[N+]c1ccc(N(Cc2ccccc2C(F)(F)F)[C@H]2CCN(C)C2)cc1C(F)(F)F. The third-order valence-corrected chi connectivity index (χ3v) is 5.21. The Labute approximate surface area is 170 Å². The van der Waals surface area contributed by atoms with Gasteiger partial charge in [-0.25, -0.2) is 4.85 Å². The van der Waals surface area contributed by atoms with Crippen LogP contribution in [0.3, 0.4) is 0 Å². The highest BCUT2D eigenvalue weighted by atomic mass is 19.4. The van der Waals surface area contributed by atoms with Crippen LogP contribution in [0.2, 0.25) is 0 Å². The van der Waals surface area contributed by atoms with Crippen LogP contribution in [0, 0.1) is 6.57 Å². The van der Waals surface area contributed by atoms with Crippen LogP contribution in [0.25, 0.3) is 4.85 Å². The lowest BCUT2D eigenvalue weighted by Gasteiger charge is -2.33. The molecule has 2 aromatic carbocycles. The molecule has 30 heavy (non-hydrogen) atoms. The van der Waals surface area contributed by atoms with Crippen molar-refractivity contribution in [2.45, 2.75) is 31.4 Å². The fourth-order valence-electron chi connectivity index (χ4n) is 3.74. The number of hydrogen-bond acceptors (Lipinski definition) is 2. The van der Waals surface area contributed by atoms with Gasteiger partial charge >= 0.3 is 12.4 Å². The monoisotopic (exact) mass is 427 g/mol. The quantitative estimate of drug-likeness (QED) is 0.439. The minimum Gasteiger partial charge on any atom is -0.363 e. The Morgan fingerprint density at radius 1 is 1.03 bits per heavy atom. The first-order chi connectivity index (χ1) is 14.0. The number of benzene rings is 2. The third-order valence-electron chi connectivity index (χ3n) is 5.21. The van der Waals surface area contributed by atoms with Gasteiger partial charge in [0.25, 0.3) is 0 Å². The summed E-state index contributed by atoms with van der Waals surface area (Å²) in [5.74, 6) is 0. The number of likely N-dealkylation sites (tertiary alicyclic amines) is 1. The van der Waals surface area contributed by atoms with E-state index in [4.69, 9.17) is 6.57 Å². The van der Waals surface area contributed by atoms with E-state index in [-0.39, 0.29) is 23.8 Å². The average Bonchev–Trinajstić information content (AvgIpc) is 3.10. The Morgan fingerprint density at radius 2 is 1.70 bits per heavy atom. The maximum absolute atomic E-state index is 13.5. The van der Waals surface area contributed by atoms with Crippen LogP contribution in [0.4, 0.5) is 37.7 Å². The van der Waals surface area contributed by atoms with Crippen LogP contribution < -0.4 is 4.90 Å². The van der Waals surface area contributed by atoms with Crippen molar-refractivity contribution in [1.29, 1.82) is 0 Å². The highest BCUT2D eigenvalue weighted by molar-refractivity contribution is 5.63. The first kappa shape index (κ1) is 22.0. The summed E-state index contributed by atoms with van der Waals surface area (Å²) in [4.78, 5) is 6.49. The van der Waals surface area contributed by atoms with E-state index < -0.39 is 29.2 Å². The van der Waals surface area contributed by atoms with E-state index in [2.05, 4.69) is 4.85 Å². The molecule has 0 unspecified atom stereocenters. The zero-order chi connectivity index (χ0) is 22.1. The molecule has 3 nitrogen and oxygen atoms in total. The van der Waals surface area contributed by atoms with Crippen molar-refractivity contribution in [2.75, 3.05) is 25.0 Å². The van der Waals surface area contributed by atoms with Crippen LogP contribution >= 0.6 is 0 Å². The lowest BCUT2D eigenvalue weighted by atomic mass is 10.0. The summed E-state index contributed by atoms with van der Waals surface area (Å²) in [7, 11) is 1.85. The molecule has 1 atom stereocenters. The lowest BCUT2D eigenvalue weighted by molar-refractivity contribution is -0.138. The molecule has 1 saturated heterocycles. The third kappa shape index (κ3) is 4.70. The second kappa shape index (κ2) is 8.19. The Bertz CT molecular complexity index is 945. The summed E-state index contributed by atoms with van der Waals surface area (Å²) < 4.78 is 80.7. The highest BCUT2D eigenvalue weighted by Crippen LogP contribution is 2.40. The molecule has 9 heteroatoms. The fraction of sp³-hybridized carbons (Fsp3) is 0.381. The Kier molecular flexibility index (Phi) is 5.99.